The number of hydrogen-bond acceptors (Lipinski definition) is 4. The van der Waals surface area contributed by atoms with Gasteiger partial charge in [-0.15, -0.1) is 0 Å². The van der Waals surface area contributed by atoms with E-state index in [9.17, 15) is 9.59 Å². The maximum Gasteiger partial charge on any atom is 0.257 e. The Morgan fingerprint density at radius 3 is 2.77 bits per heavy atom. The molecule has 2 aromatic heterocycles. The average Bonchev–Trinajstić information content (AvgIpc) is 2.65. The summed E-state index contributed by atoms with van der Waals surface area (Å²) < 4.78 is 0.672. The first-order chi connectivity index (χ1) is 12.4. The second-order valence-corrected chi connectivity index (χ2v) is 7.64. The topological polar surface area (TPSA) is 75.2 Å². The van der Waals surface area contributed by atoms with Crippen molar-refractivity contribution in [1.29, 1.82) is 0 Å². The van der Waals surface area contributed by atoms with E-state index in [4.69, 9.17) is 23.2 Å². The molecule has 1 saturated heterocycles. The van der Waals surface area contributed by atoms with Gasteiger partial charge < -0.3 is 10.2 Å². The van der Waals surface area contributed by atoms with Gasteiger partial charge in [0.05, 0.1) is 16.5 Å². The molecule has 3 rings (SSSR count). The highest BCUT2D eigenvalue weighted by Gasteiger charge is 2.30. The van der Waals surface area contributed by atoms with Crippen molar-refractivity contribution in [3.63, 3.8) is 0 Å². The molecule has 3 heterocycles. The summed E-state index contributed by atoms with van der Waals surface area (Å²) in [6.07, 6.45) is 4.44. The maximum atomic E-state index is 12.8. The summed E-state index contributed by atoms with van der Waals surface area (Å²) in [7, 11) is 0. The van der Waals surface area contributed by atoms with Crippen molar-refractivity contribution in [2.24, 2.45) is 5.92 Å². The van der Waals surface area contributed by atoms with Gasteiger partial charge in [-0.25, -0.2) is 9.97 Å². The van der Waals surface area contributed by atoms with Gasteiger partial charge >= 0.3 is 0 Å². The van der Waals surface area contributed by atoms with E-state index >= 15 is 0 Å². The second kappa shape index (κ2) is 8.33. The third-order valence-electron chi connectivity index (χ3n) is 4.09. The number of hydrogen-bond donors (Lipinski definition) is 1. The molecule has 1 unspecified atom stereocenters. The Kier molecular flexibility index (Phi) is 6.11. The van der Waals surface area contributed by atoms with E-state index in [0.29, 0.717) is 40.4 Å². The molecule has 1 aliphatic rings. The van der Waals surface area contributed by atoms with E-state index in [1.807, 2.05) is 0 Å². The minimum Gasteiger partial charge on any atom is -0.338 e. The molecule has 2 amide bonds. The first kappa shape index (κ1) is 19.1. The molecule has 0 spiro atoms. The number of anilines is 1. The van der Waals surface area contributed by atoms with Crippen LogP contribution in [-0.2, 0) is 4.79 Å². The summed E-state index contributed by atoms with van der Waals surface area (Å²) in [5, 5.41) is 3.41. The molecular formula is C17H15BrCl2N4O2. The molecule has 0 saturated carbocycles. The Bertz CT molecular complexity index is 832. The highest BCUT2D eigenvalue weighted by molar-refractivity contribution is 9.10. The van der Waals surface area contributed by atoms with Crippen molar-refractivity contribution in [3.8, 4) is 0 Å². The van der Waals surface area contributed by atoms with Crippen LogP contribution in [0.15, 0.2) is 35.1 Å². The fourth-order valence-electron chi connectivity index (χ4n) is 2.80. The number of piperidine rings is 1. The second-order valence-electron chi connectivity index (χ2n) is 5.93. The number of halogens is 3. The first-order valence-electron chi connectivity index (χ1n) is 7.97. The lowest BCUT2D eigenvalue weighted by Gasteiger charge is -2.32. The molecule has 0 aliphatic carbocycles. The number of rotatable bonds is 3. The van der Waals surface area contributed by atoms with Crippen LogP contribution < -0.4 is 5.32 Å². The number of carbonyl (C=O) groups excluding carboxylic acids is 2. The predicted molar refractivity (Wildman–Crippen MR) is 103 cm³/mol. The molecule has 1 fully saturated rings. The highest BCUT2D eigenvalue weighted by Crippen LogP contribution is 2.24. The molecule has 0 bridgehead atoms. The van der Waals surface area contributed by atoms with Crippen LogP contribution in [0.25, 0.3) is 0 Å². The number of carbonyl (C=O) groups is 2. The summed E-state index contributed by atoms with van der Waals surface area (Å²) in [6.45, 7) is 0.895. The van der Waals surface area contributed by atoms with Gasteiger partial charge in [-0.3, -0.25) is 9.59 Å². The van der Waals surface area contributed by atoms with E-state index in [1.165, 1.54) is 12.4 Å². The summed E-state index contributed by atoms with van der Waals surface area (Å²) >= 11 is 15.1. The Balaban J connectivity index is 1.68. The zero-order valence-electron chi connectivity index (χ0n) is 13.6. The number of pyridine rings is 2. The van der Waals surface area contributed by atoms with Crippen LogP contribution in [-0.4, -0.2) is 39.8 Å². The minimum atomic E-state index is -0.316. The van der Waals surface area contributed by atoms with Crippen LogP contribution in [0.5, 0.6) is 0 Å². The summed E-state index contributed by atoms with van der Waals surface area (Å²) in [5.74, 6) is -0.284. The van der Waals surface area contributed by atoms with E-state index < -0.39 is 0 Å². The fraction of sp³-hybridized carbons (Fsp3) is 0.294. The van der Waals surface area contributed by atoms with Crippen LogP contribution in [0.2, 0.25) is 10.2 Å². The SMILES string of the molecule is O=C(Nc1ccc(Cl)cn1)C1CCCN(C(=O)c2cc(Br)cnc2Cl)C1. The smallest absolute Gasteiger partial charge is 0.257 e. The van der Waals surface area contributed by atoms with Gasteiger partial charge in [-0.1, -0.05) is 23.2 Å². The quantitative estimate of drug-likeness (QED) is 0.705. The predicted octanol–water partition coefficient (Wildman–Crippen LogP) is 4.04. The minimum absolute atomic E-state index is 0.148. The molecule has 6 nitrogen and oxygen atoms in total. The normalized spacial score (nSPS) is 17.0. The Morgan fingerprint density at radius 2 is 2.04 bits per heavy atom. The van der Waals surface area contributed by atoms with Crippen LogP contribution in [0, 0.1) is 5.92 Å². The van der Waals surface area contributed by atoms with Crippen molar-refractivity contribution < 1.29 is 9.59 Å². The summed E-state index contributed by atoms with van der Waals surface area (Å²) in [6, 6.07) is 4.93. The van der Waals surface area contributed by atoms with Crippen molar-refractivity contribution in [1.82, 2.24) is 14.9 Å². The van der Waals surface area contributed by atoms with E-state index in [2.05, 4.69) is 31.2 Å². The van der Waals surface area contributed by atoms with Crippen LogP contribution in [0.3, 0.4) is 0 Å². The van der Waals surface area contributed by atoms with E-state index in [1.54, 1.807) is 23.1 Å². The molecule has 9 heteroatoms. The lowest BCUT2D eigenvalue weighted by molar-refractivity contribution is -0.121. The van der Waals surface area contributed by atoms with E-state index in [-0.39, 0.29) is 22.9 Å². The van der Waals surface area contributed by atoms with Gasteiger partial charge in [0.25, 0.3) is 5.91 Å². The number of nitrogens with zero attached hydrogens (tertiary/aromatic N) is 3. The molecule has 1 atom stereocenters. The fourth-order valence-corrected chi connectivity index (χ4v) is 3.42. The molecule has 0 aromatic carbocycles. The van der Waals surface area contributed by atoms with Crippen molar-refractivity contribution in [2.75, 3.05) is 18.4 Å². The Morgan fingerprint density at radius 1 is 1.23 bits per heavy atom. The van der Waals surface area contributed by atoms with Crippen LogP contribution >= 0.6 is 39.1 Å². The molecule has 0 radical (unpaired) electrons. The number of likely N-dealkylation sites (tertiary alicyclic amines) is 1. The molecule has 1 aliphatic heterocycles. The van der Waals surface area contributed by atoms with Gasteiger partial charge in [0, 0.05) is 30.0 Å². The van der Waals surface area contributed by atoms with Crippen molar-refractivity contribution >= 4 is 56.8 Å². The molecule has 1 N–H and O–H groups in total. The average molecular weight is 458 g/mol. The Hall–Kier alpha value is -1.70. The van der Waals surface area contributed by atoms with E-state index in [0.717, 1.165) is 6.42 Å². The van der Waals surface area contributed by atoms with Crippen molar-refractivity contribution in [2.45, 2.75) is 12.8 Å². The summed E-state index contributed by atoms with van der Waals surface area (Å²) in [5.41, 5.74) is 0.321. The molecule has 136 valence electrons. The van der Waals surface area contributed by atoms with Gasteiger partial charge in [-0.2, -0.15) is 0 Å². The van der Waals surface area contributed by atoms with Gasteiger partial charge in [0.15, 0.2) is 0 Å². The first-order valence-corrected chi connectivity index (χ1v) is 9.51. The molecular weight excluding hydrogens is 443 g/mol. The number of amides is 2. The highest BCUT2D eigenvalue weighted by atomic mass is 79.9. The van der Waals surface area contributed by atoms with Gasteiger partial charge in [0.2, 0.25) is 5.91 Å². The molecule has 2 aromatic rings. The lowest BCUT2D eigenvalue weighted by atomic mass is 9.96. The van der Waals surface area contributed by atoms with Crippen LogP contribution in [0.1, 0.15) is 23.2 Å². The van der Waals surface area contributed by atoms with Crippen molar-refractivity contribution in [3.05, 3.63) is 50.8 Å². The summed E-state index contributed by atoms with van der Waals surface area (Å²) in [4.78, 5) is 35.0. The molecule has 26 heavy (non-hydrogen) atoms. The van der Waals surface area contributed by atoms with Gasteiger partial charge in [0.1, 0.15) is 11.0 Å². The third-order valence-corrected chi connectivity index (χ3v) is 5.05. The third kappa shape index (κ3) is 4.52. The number of nitrogens with one attached hydrogen (secondary N) is 1. The maximum absolute atomic E-state index is 12.8. The standard InChI is InChI=1S/C17H15BrCl2N4O2/c18-11-6-13(15(20)22-7-11)17(26)24-5-1-2-10(9-24)16(25)23-14-4-3-12(19)8-21-14/h3-4,6-8,10H,1-2,5,9H2,(H,21,23,25). The van der Waals surface area contributed by atoms with Gasteiger partial charge in [-0.05, 0) is 47.0 Å². The number of aromatic nitrogens is 2. The lowest BCUT2D eigenvalue weighted by Crippen LogP contribution is -2.44. The zero-order valence-corrected chi connectivity index (χ0v) is 16.7. The zero-order chi connectivity index (χ0) is 18.7. The Labute approximate surface area is 169 Å². The largest absolute Gasteiger partial charge is 0.338 e. The monoisotopic (exact) mass is 456 g/mol. The van der Waals surface area contributed by atoms with Crippen LogP contribution in [0.4, 0.5) is 5.82 Å².